The van der Waals surface area contributed by atoms with Gasteiger partial charge >= 0.3 is 0 Å². The molecule has 3 aromatic carbocycles. The molecule has 0 spiro atoms. The second kappa shape index (κ2) is 7.40. The molecule has 1 aliphatic heterocycles. The number of rotatable bonds is 3. The van der Waals surface area contributed by atoms with Gasteiger partial charge in [0, 0.05) is 30.4 Å². The van der Waals surface area contributed by atoms with Crippen molar-refractivity contribution in [3.8, 4) is 0 Å². The Bertz CT molecular complexity index is 1020. The molecule has 1 heterocycles. The molecule has 0 atom stereocenters. The fraction of sp³-hybridized carbons (Fsp3) is 0.320. The van der Waals surface area contributed by atoms with Gasteiger partial charge in [-0.15, -0.1) is 0 Å². The number of nitrogens with one attached hydrogen (secondary N) is 1. The van der Waals surface area contributed by atoms with Crippen LogP contribution < -0.4 is 5.32 Å². The first kappa shape index (κ1) is 17.4. The maximum Gasteiger partial charge on any atom is 0.256 e. The van der Waals surface area contributed by atoms with E-state index in [2.05, 4.69) is 28.4 Å². The van der Waals surface area contributed by atoms with Crippen LogP contribution in [0.4, 0.5) is 5.69 Å². The summed E-state index contributed by atoms with van der Waals surface area (Å²) in [7, 11) is 0. The topological polar surface area (TPSA) is 32.3 Å². The summed E-state index contributed by atoms with van der Waals surface area (Å²) in [6.07, 6.45) is 6.30. The average Bonchev–Trinajstić information content (AvgIpc) is 2.89. The van der Waals surface area contributed by atoms with Gasteiger partial charge in [-0.25, -0.2) is 0 Å². The Balaban J connectivity index is 1.35. The van der Waals surface area contributed by atoms with Crippen LogP contribution in [-0.2, 0) is 12.8 Å². The average molecular weight is 370 g/mol. The highest BCUT2D eigenvalue weighted by atomic mass is 16.1. The number of benzene rings is 3. The number of hydrogen-bond acceptors (Lipinski definition) is 2. The second-order valence-electron chi connectivity index (χ2n) is 8.09. The molecule has 142 valence electrons. The first-order valence-corrected chi connectivity index (χ1v) is 10.4. The number of amides is 1. The number of hydrogen-bond donors (Lipinski definition) is 1. The highest BCUT2D eigenvalue weighted by Crippen LogP contribution is 2.28. The van der Waals surface area contributed by atoms with Crippen LogP contribution in [0.3, 0.4) is 0 Å². The molecule has 0 saturated heterocycles. The van der Waals surface area contributed by atoms with Gasteiger partial charge in [0.2, 0.25) is 0 Å². The molecule has 3 nitrogen and oxygen atoms in total. The van der Waals surface area contributed by atoms with Gasteiger partial charge in [-0.2, -0.15) is 0 Å². The quantitative estimate of drug-likeness (QED) is 0.700. The van der Waals surface area contributed by atoms with Gasteiger partial charge in [-0.05, 0) is 65.8 Å². The van der Waals surface area contributed by atoms with E-state index in [1.165, 1.54) is 36.9 Å². The summed E-state index contributed by atoms with van der Waals surface area (Å²) in [5.74, 6) is -0.0403. The molecule has 5 rings (SSSR count). The largest absolute Gasteiger partial charge is 0.322 e. The SMILES string of the molecule is O=C(Nc1ccc2c(c1)CCN(C1CCC1)CC2)c1cccc2ccccc12. The molecule has 1 saturated carbocycles. The Kier molecular flexibility index (Phi) is 4.61. The number of fused-ring (bicyclic) bond motifs is 2. The minimum atomic E-state index is -0.0403. The van der Waals surface area contributed by atoms with Crippen molar-refractivity contribution in [2.75, 3.05) is 18.4 Å². The zero-order valence-electron chi connectivity index (χ0n) is 16.2. The van der Waals surface area contributed by atoms with E-state index in [1.54, 1.807) is 0 Å². The summed E-state index contributed by atoms with van der Waals surface area (Å²) in [5, 5.41) is 5.21. The van der Waals surface area contributed by atoms with Gasteiger partial charge in [0.25, 0.3) is 5.91 Å². The molecule has 2 aliphatic rings. The maximum absolute atomic E-state index is 12.9. The number of anilines is 1. The van der Waals surface area contributed by atoms with Gasteiger partial charge in [-0.3, -0.25) is 9.69 Å². The van der Waals surface area contributed by atoms with Gasteiger partial charge in [-0.1, -0.05) is 48.9 Å². The van der Waals surface area contributed by atoms with Crippen LogP contribution in [-0.4, -0.2) is 29.9 Å². The summed E-state index contributed by atoms with van der Waals surface area (Å²) in [4.78, 5) is 15.6. The normalized spacial score (nSPS) is 17.6. The molecular formula is C25H26N2O. The molecule has 28 heavy (non-hydrogen) atoms. The fourth-order valence-corrected chi connectivity index (χ4v) is 4.56. The monoisotopic (exact) mass is 370 g/mol. The minimum absolute atomic E-state index is 0.0403. The van der Waals surface area contributed by atoms with E-state index in [4.69, 9.17) is 0 Å². The van der Waals surface area contributed by atoms with Crippen molar-refractivity contribution < 1.29 is 4.79 Å². The van der Waals surface area contributed by atoms with Crippen molar-refractivity contribution in [2.24, 2.45) is 0 Å². The lowest BCUT2D eigenvalue weighted by Gasteiger charge is -2.36. The van der Waals surface area contributed by atoms with Crippen LogP contribution in [0.5, 0.6) is 0 Å². The molecule has 0 radical (unpaired) electrons. The molecule has 0 bridgehead atoms. The Morgan fingerprint density at radius 2 is 1.68 bits per heavy atom. The fourth-order valence-electron chi connectivity index (χ4n) is 4.56. The Hall–Kier alpha value is -2.65. The van der Waals surface area contributed by atoms with Crippen LogP contribution in [0.2, 0.25) is 0 Å². The van der Waals surface area contributed by atoms with Crippen LogP contribution in [0.1, 0.15) is 40.7 Å². The summed E-state index contributed by atoms with van der Waals surface area (Å²) >= 11 is 0. The van der Waals surface area contributed by atoms with Gasteiger partial charge in [0.05, 0.1) is 0 Å². The third-order valence-electron chi connectivity index (χ3n) is 6.43. The van der Waals surface area contributed by atoms with Crippen molar-refractivity contribution in [3.05, 3.63) is 77.4 Å². The van der Waals surface area contributed by atoms with E-state index in [-0.39, 0.29) is 5.91 Å². The number of nitrogens with zero attached hydrogens (tertiary/aromatic N) is 1. The van der Waals surface area contributed by atoms with Crippen molar-refractivity contribution in [1.29, 1.82) is 0 Å². The predicted octanol–water partition coefficient (Wildman–Crippen LogP) is 5.05. The van der Waals surface area contributed by atoms with Gasteiger partial charge in [0.1, 0.15) is 0 Å². The van der Waals surface area contributed by atoms with Crippen molar-refractivity contribution >= 4 is 22.4 Å². The third kappa shape index (κ3) is 3.31. The lowest BCUT2D eigenvalue weighted by Crippen LogP contribution is -2.41. The Labute approximate surface area is 166 Å². The first-order chi connectivity index (χ1) is 13.8. The van der Waals surface area contributed by atoms with Crippen LogP contribution in [0.15, 0.2) is 60.7 Å². The molecule has 3 heteroatoms. The van der Waals surface area contributed by atoms with E-state index >= 15 is 0 Å². The maximum atomic E-state index is 12.9. The third-order valence-corrected chi connectivity index (χ3v) is 6.43. The predicted molar refractivity (Wildman–Crippen MR) is 115 cm³/mol. The van der Waals surface area contributed by atoms with Crippen LogP contribution in [0.25, 0.3) is 10.8 Å². The van der Waals surface area contributed by atoms with Crippen LogP contribution >= 0.6 is 0 Å². The van der Waals surface area contributed by atoms with Crippen molar-refractivity contribution in [1.82, 2.24) is 4.90 Å². The Morgan fingerprint density at radius 3 is 2.50 bits per heavy atom. The smallest absolute Gasteiger partial charge is 0.256 e. The number of carbonyl (C=O) groups excluding carboxylic acids is 1. The van der Waals surface area contributed by atoms with E-state index in [1.807, 2.05) is 42.5 Å². The highest BCUT2D eigenvalue weighted by molar-refractivity contribution is 6.12. The molecule has 0 unspecified atom stereocenters. The van der Waals surface area contributed by atoms with E-state index in [9.17, 15) is 4.79 Å². The standard InChI is InChI=1S/C25H26N2O/c28-25(24-10-3-6-19-5-1-2-9-23(19)24)26-21-12-11-18-13-15-27(22-7-4-8-22)16-14-20(18)17-21/h1-3,5-6,9-12,17,22H,4,7-8,13-16H2,(H,26,28). The molecule has 0 aromatic heterocycles. The summed E-state index contributed by atoms with van der Waals surface area (Å²) in [5.41, 5.74) is 4.44. The van der Waals surface area contributed by atoms with Gasteiger partial charge < -0.3 is 5.32 Å². The van der Waals surface area contributed by atoms with Crippen LogP contribution in [0, 0.1) is 0 Å². The lowest BCUT2D eigenvalue weighted by atomic mass is 9.91. The van der Waals surface area contributed by atoms with E-state index in [0.29, 0.717) is 0 Å². The highest BCUT2D eigenvalue weighted by Gasteiger charge is 2.26. The molecule has 1 aliphatic carbocycles. The van der Waals surface area contributed by atoms with E-state index in [0.717, 1.165) is 47.5 Å². The second-order valence-corrected chi connectivity index (χ2v) is 8.09. The number of carbonyl (C=O) groups is 1. The molecule has 3 aromatic rings. The zero-order chi connectivity index (χ0) is 18.9. The summed E-state index contributed by atoms with van der Waals surface area (Å²) in [6.45, 7) is 2.30. The first-order valence-electron chi connectivity index (χ1n) is 10.4. The van der Waals surface area contributed by atoms with Gasteiger partial charge in [0.15, 0.2) is 0 Å². The molecule has 1 N–H and O–H groups in total. The lowest BCUT2D eigenvalue weighted by molar-refractivity contribution is 0.102. The molecule has 1 amide bonds. The zero-order valence-corrected chi connectivity index (χ0v) is 16.2. The minimum Gasteiger partial charge on any atom is -0.322 e. The van der Waals surface area contributed by atoms with Crippen molar-refractivity contribution in [3.63, 3.8) is 0 Å². The van der Waals surface area contributed by atoms with Crippen molar-refractivity contribution in [2.45, 2.75) is 38.1 Å². The Morgan fingerprint density at radius 1 is 0.893 bits per heavy atom. The molecular weight excluding hydrogens is 344 g/mol. The van der Waals surface area contributed by atoms with E-state index < -0.39 is 0 Å². The summed E-state index contributed by atoms with van der Waals surface area (Å²) in [6, 6.07) is 21.2. The molecule has 1 fully saturated rings. The summed E-state index contributed by atoms with van der Waals surface area (Å²) < 4.78 is 0.